The van der Waals surface area contributed by atoms with Crippen LogP contribution in [-0.2, 0) is 4.79 Å². The zero-order valence-corrected chi connectivity index (χ0v) is 14.5. The number of anilines is 1. The number of aryl methyl sites for hydroxylation is 1. The second-order valence-corrected chi connectivity index (χ2v) is 6.45. The van der Waals surface area contributed by atoms with E-state index in [1.807, 2.05) is 6.92 Å². The number of imide groups is 1. The number of benzene rings is 2. The Bertz CT molecular complexity index is 1160. The molecule has 1 aliphatic heterocycles. The van der Waals surface area contributed by atoms with Crippen molar-refractivity contribution in [2.24, 2.45) is 0 Å². The van der Waals surface area contributed by atoms with Gasteiger partial charge in [-0.3, -0.25) is 19.3 Å². The van der Waals surface area contributed by atoms with Crippen LogP contribution in [0, 0.1) is 6.92 Å². The Hall–Kier alpha value is -3.68. The predicted octanol–water partition coefficient (Wildman–Crippen LogP) is 1.79. The number of H-pyrrole nitrogens is 2. The monoisotopic (exact) mass is 364 g/mol. The Labute approximate surface area is 153 Å². The molecule has 0 unspecified atom stereocenters. The Kier molecular flexibility index (Phi) is 3.88. The molecular weight excluding hydrogens is 348 g/mol. The van der Waals surface area contributed by atoms with E-state index in [9.17, 15) is 19.2 Å². The van der Waals surface area contributed by atoms with E-state index in [4.69, 9.17) is 0 Å². The molecule has 0 saturated carbocycles. The third kappa shape index (κ3) is 3.01. The molecule has 0 fully saturated rings. The number of rotatable bonds is 4. The lowest BCUT2D eigenvalue weighted by atomic mass is 10.1. The molecule has 136 valence electrons. The van der Waals surface area contributed by atoms with E-state index in [0.717, 1.165) is 10.5 Å². The molecule has 8 heteroatoms. The average molecular weight is 364 g/mol. The van der Waals surface area contributed by atoms with Gasteiger partial charge in [0.15, 0.2) is 0 Å². The van der Waals surface area contributed by atoms with Crippen molar-refractivity contribution in [3.63, 3.8) is 0 Å². The van der Waals surface area contributed by atoms with Crippen molar-refractivity contribution < 1.29 is 14.4 Å². The second-order valence-electron chi connectivity index (χ2n) is 6.45. The molecule has 1 aliphatic rings. The van der Waals surface area contributed by atoms with Gasteiger partial charge in [0, 0.05) is 18.7 Å². The highest BCUT2D eigenvalue weighted by molar-refractivity contribution is 6.21. The smallest absolute Gasteiger partial charge is 0.323 e. The lowest BCUT2D eigenvalue weighted by molar-refractivity contribution is -0.116. The summed E-state index contributed by atoms with van der Waals surface area (Å²) in [5, 5.41) is 2.70. The molecule has 0 bridgehead atoms. The van der Waals surface area contributed by atoms with Gasteiger partial charge in [-0.1, -0.05) is 11.6 Å². The number of hydrogen-bond acceptors (Lipinski definition) is 4. The molecule has 2 aromatic carbocycles. The molecule has 0 aliphatic carbocycles. The van der Waals surface area contributed by atoms with Gasteiger partial charge in [-0.2, -0.15) is 0 Å². The van der Waals surface area contributed by atoms with E-state index in [0.29, 0.717) is 27.8 Å². The van der Waals surface area contributed by atoms with Gasteiger partial charge in [0.05, 0.1) is 22.2 Å². The summed E-state index contributed by atoms with van der Waals surface area (Å²) in [7, 11) is 0. The van der Waals surface area contributed by atoms with Gasteiger partial charge in [-0.05, 0) is 37.3 Å². The second kappa shape index (κ2) is 6.24. The van der Waals surface area contributed by atoms with Crippen molar-refractivity contribution >= 4 is 34.4 Å². The van der Waals surface area contributed by atoms with Crippen LogP contribution >= 0.6 is 0 Å². The highest BCUT2D eigenvalue weighted by Crippen LogP contribution is 2.24. The summed E-state index contributed by atoms with van der Waals surface area (Å²) < 4.78 is 0. The maximum Gasteiger partial charge on any atom is 0.323 e. The van der Waals surface area contributed by atoms with Crippen molar-refractivity contribution in [1.29, 1.82) is 0 Å². The van der Waals surface area contributed by atoms with Gasteiger partial charge in [0.25, 0.3) is 11.8 Å². The maximum atomic E-state index is 12.4. The third-order valence-corrected chi connectivity index (χ3v) is 4.49. The molecule has 27 heavy (non-hydrogen) atoms. The minimum atomic E-state index is -0.380. The summed E-state index contributed by atoms with van der Waals surface area (Å²) in [5.74, 6) is -1.09. The van der Waals surface area contributed by atoms with Gasteiger partial charge in [-0.25, -0.2) is 4.79 Å². The summed E-state index contributed by atoms with van der Waals surface area (Å²) in [4.78, 5) is 54.6. The summed E-state index contributed by atoms with van der Waals surface area (Å²) >= 11 is 0. The average Bonchev–Trinajstić information content (AvgIpc) is 3.10. The minimum absolute atomic E-state index is 0.000456. The number of nitrogens with one attached hydrogen (secondary N) is 3. The minimum Gasteiger partial charge on any atom is -0.326 e. The molecule has 2 heterocycles. The van der Waals surface area contributed by atoms with Crippen LogP contribution in [-0.4, -0.2) is 39.1 Å². The van der Waals surface area contributed by atoms with E-state index in [1.54, 1.807) is 36.4 Å². The largest absolute Gasteiger partial charge is 0.326 e. The summed E-state index contributed by atoms with van der Waals surface area (Å²) in [6.07, 6.45) is -0.0217. The maximum absolute atomic E-state index is 12.4. The van der Waals surface area contributed by atoms with Crippen molar-refractivity contribution in [3.05, 3.63) is 63.6 Å². The quantitative estimate of drug-likeness (QED) is 0.612. The number of aromatic nitrogens is 2. The van der Waals surface area contributed by atoms with Gasteiger partial charge < -0.3 is 15.3 Å². The van der Waals surface area contributed by atoms with Gasteiger partial charge in [0.2, 0.25) is 5.91 Å². The van der Waals surface area contributed by atoms with E-state index < -0.39 is 0 Å². The summed E-state index contributed by atoms with van der Waals surface area (Å²) in [5.41, 5.74) is 3.05. The van der Waals surface area contributed by atoms with Crippen molar-refractivity contribution in [3.8, 4) is 0 Å². The van der Waals surface area contributed by atoms with E-state index >= 15 is 0 Å². The van der Waals surface area contributed by atoms with Crippen LogP contribution in [0.3, 0.4) is 0 Å². The first-order valence-corrected chi connectivity index (χ1v) is 8.41. The SMILES string of the molecule is Cc1ccc2c(c1)C(=O)N(CCC(=O)Nc1ccc3[nH]c(=O)[nH]c3c1)C2=O. The van der Waals surface area contributed by atoms with Crippen LogP contribution < -0.4 is 11.0 Å². The highest BCUT2D eigenvalue weighted by Gasteiger charge is 2.35. The first kappa shape index (κ1) is 16.8. The molecule has 4 rings (SSSR count). The molecule has 8 nitrogen and oxygen atoms in total. The predicted molar refractivity (Wildman–Crippen MR) is 98.7 cm³/mol. The van der Waals surface area contributed by atoms with Crippen LogP contribution in [0.25, 0.3) is 11.0 Å². The van der Waals surface area contributed by atoms with Crippen LogP contribution in [0.2, 0.25) is 0 Å². The lowest BCUT2D eigenvalue weighted by Crippen LogP contribution is -2.32. The Morgan fingerprint density at radius 3 is 2.52 bits per heavy atom. The zero-order valence-electron chi connectivity index (χ0n) is 14.5. The molecule has 3 amide bonds. The standard InChI is InChI=1S/C19H16N4O4/c1-10-2-4-12-13(8-10)18(26)23(17(12)25)7-6-16(24)20-11-3-5-14-15(9-11)22-19(27)21-14/h2-5,8-9H,6-7H2,1H3,(H,20,24)(H2,21,22,27). The number of aromatic amines is 2. The fourth-order valence-corrected chi connectivity index (χ4v) is 3.15. The van der Waals surface area contributed by atoms with Crippen molar-refractivity contribution in [2.45, 2.75) is 13.3 Å². The molecule has 0 atom stereocenters. The molecule has 0 saturated heterocycles. The van der Waals surface area contributed by atoms with E-state index in [1.165, 1.54) is 0 Å². The zero-order chi connectivity index (χ0) is 19.1. The van der Waals surface area contributed by atoms with Gasteiger partial charge in [-0.15, -0.1) is 0 Å². The van der Waals surface area contributed by atoms with E-state index in [-0.39, 0.29) is 36.4 Å². The van der Waals surface area contributed by atoms with Crippen LogP contribution in [0.5, 0.6) is 0 Å². The number of amides is 3. The highest BCUT2D eigenvalue weighted by atomic mass is 16.2. The van der Waals surface area contributed by atoms with Crippen LogP contribution in [0.15, 0.2) is 41.2 Å². The van der Waals surface area contributed by atoms with Crippen LogP contribution in [0.1, 0.15) is 32.7 Å². The molecule has 0 spiro atoms. The van der Waals surface area contributed by atoms with Crippen molar-refractivity contribution in [1.82, 2.24) is 14.9 Å². The number of imidazole rings is 1. The number of carbonyl (C=O) groups excluding carboxylic acids is 3. The molecule has 0 radical (unpaired) electrons. The van der Waals surface area contributed by atoms with E-state index in [2.05, 4.69) is 15.3 Å². The fraction of sp³-hybridized carbons (Fsp3) is 0.158. The molecular formula is C19H16N4O4. The Morgan fingerprint density at radius 2 is 1.70 bits per heavy atom. The molecule has 3 N–H and O–H groups in total. The molecule has 3 aromatic rings. The topological polar surface area (TPSA) is 115 Å². The normalized spacial score (nSPS) is 13.3. The van der Waals surface area contributed by atoms with Gasteiger partial charge in [0.1, 0.15) is 0 Å². The lowest BCUT2D eigenvalue weighted by Gasteiger charge is -2.13. The van der Waals surface area contributed by atoms with Gasteiger partial charge >= 0.3 is 5.69 Å². The number of hydrogen-bond donors (Lipinski definition) is 3. The Balaban J connectivity index is 1.42. The fourth-order valence-electron chi connectivity index (χ4n) is 3.15. The first-order valence-electron chi connectivity index (χ1n) is 8.41. The van der Waals surface area contributed by atoms with Crippen molar-refractivity contribution in [2.75, 3.05) is 11.9 Å². The number of carbonyl (C=O) groups is 3. The summed E-state index contributed by atoms with van der Waals surface area (Å²) in [6, 6.07) is 10.1. The number of nitrogens with zero attached hydrogens (tertiary/aromatic N) is 1. The third-order valence-electron chi connectivity index (χ3n) is 4.49. The Morgan fingerprint density at radius 1 is 0.963 bits per heavy atom. The number of fused-ring (bicyclic) bond motifs is 2. The van der Waals surface area contributed by atoms with Crippen LogP contribution in [0.4, 0.5) is 5.69 Å². The summed E-state index contributed by atoms with van der Waals surface area (Å²) in [6.45, 7) is 1.85. The molecule has 1 aromatic heterocycles. The first-order chi connectivity index (χ1) is 12.9.